The van der Waals surface area contributed by atoms with Gasteiger partial charge < -0.3 is 14.3 Å². The zero-order valence-corrected chi connectivity index (χ0v) is 19.2. The monoisotopic (exact) mass is 513 g/mol. The van der Waals surface area contributed by atoms with Crippen LogP contribution in [-0.4, -0.2) is 52.1 Å². The molecular weight excluding hydrogens is 492 g/mol. The fraction of sp³-hybridized carbons (Fsp3) is 0.391. The summed E-state index contributed by atoms with van der Waals surface area (Å²) in [5, 5.41) is 3.93. The molecule has 0 bridgehead atoms. The minimum absolute atomic E-state index is 0.00225. The summed E-state index contributed by atoms with van der Waals surface area (Å²) in [7, 11) is 0. The lowest BCUT2D eigenvalue weighted by Gasteiger charge is -2.35. The number of amides is 1. The van der Waals surface area contributed by atoms with Gasteiger partial charge in [0, 0.05) is 49.4 Å². The fourth-order valence-electron chi connectivity index (χ4n) is 3.69. The van der Waals surface area contributed by atoms with Crippen LogP contribution in [0.25, 0.3) is 11.4 Å². The van der Waals surface area contributed by atoms with Gasteiger partial charge in [-0.05, 0) is 30.3 Å². The number of halogens is 6. The van der Waals surface area contributed by atoms with E-state index in [1.807, 2.05) is 18.7 Å². The molecule has 0 unspecified atom stereocenters. The molecule has 0 spiro atoms. The van der Waals surface area contributed by atoms with E-state index < -0.39 is 35.0 Å². The molecule has 4 rings (SSSR count). The SMILES string of the molecule is CC(C)c1nc(-c2ccc(N3CCN(C(=O)c4cc(C(F)(F)F)cc(C(F)(F)F)c4)CC3)nc2)no1. The van der Waals surface area contributed by atoms with Gasteiger partial charge in [-0.2, -0.15) is 31.3 Å². The summed E-state index contributed by atoms with van der Waals surface area (Å²) in [5.74, 6) is 0.670. The second kappa shape index (κ2) is 9.43. The van der Waals surface area contributed by atoms with E-state index >= 15 is 0 Å². The van der Waals surface area contributed by atoms with Gasteiger partial charge in [0.25, 0.3) is 5.91 Å². The minimum Gasteiger partial charge on any atom is -0.353 e. The second-order valence-electron chi connectivity index (χ2n) is 8.59. The molecule has 2 aromatic heterocycles. The van der Waals surface area contributed by atoms with Crippen molar-refractivity contribution in [3.8, 4) is 11.4 Å². The van der Waals surface area contributed by atoms with Crippen molar-refractivity contribution in [2.75, 3.05) is 31.1 Å². The minimum atomic E-state index is -5.02. The zero-order chi connectivity index (χ0) is 26.3. The van der Waals surface area contributed by atoms with Gasteiger partial charge in [-0.25, -0.2) is 4.98 Å². The van der Waals surface area contributed by atoms with Crippen LogP contribution in [0.1, 0.15) is 47.1 Å². The van der Waals surface area contributed by atoms with Crippen LogP contribution < -0.4 is 4.90 Å². The number of piperazine rings is 1. The van der Waals surface area contributed by atoms with E-state index in [2.05, 4.69) is 15.1 Å². The van der Waals surface area contributed by atoms with Crippen molar-refractivity contribution in [3.05, 3.63) is 59.1 Å². The number of hydrogen-bond donors (Lipinski definition) is 0. The first-order valence-corrected chi connectivity index (χ1v) is 11.0. The Kier molecular flexibility index (Phi) is 6.67. The number of carbonyl (C=O) groups is 1. The Balaban J connectivity index is 1.45. The smallest absolute Gasteiger partial charge is 0.353 e. The normalized spacial score (nSPS) is 15.0. The first-order valence-electron chi connectivity index (χ1n) is 11.0. The molecule has 36 heavy (non-hydrogen) atoms. The van der Waals surface area contributed by atoms with Crippen LogP contribution in [0.3, 0.4) is 0 Å². The number of carbonyl (C=O) groups excluding carboxylic acids is 1. The molecule has 3 heterocycles. The van der Waals surface area contributed by atoms with E-state index in [1.54, 1.807) is 18.3 Å². The van der Waals surface area contributed by atoms with Gasteiger partial charge in [0.15, 0.2) is 0 Å². The predicted molar refractivity (Wildman–Crippen MR) is 116 cm³/mol. The zero-order valence-electron chi connectivity index (χ0n) is 19.2. The summed E-state index contributed by atoms with van der Waals surface area (Å²) in [6, 6.07) is 4.40. The van der Waals surface area contributed by atoms with Crippen molar-refractivity contribution in [1.82, 2.24) is 20.0 Å². The maximum Gasteiger partial charge on any atom is 0.416 e. The largest absolute Gasteiger partial charge is 0.416 e. The Morgan fingerprint density at radius 1 is 0.944 bits per heavy atom. The molecule has 1 aliphatic rings. The molecule has 13 heteroatoms. The molecule has 1 fully saturated rings. The van der Waals surface area contributed by atoms with Crippen LogP contribution in [-0.2, 0) is 12.4 Å². The number of benzene rings is 1. The molecule has 0 radical (unpaired) electrons. The fourth-order valence-corrected chi connectivity index (χ4v) is 3.69. The van der Waals surface area contributed by atoms with E-state index in [9.17, 15) is 31.1 Å². The highest BCUT2D eigenvalue weighted by atomic mass is 19.4. The predicted octanol–water partition coefficient (Wildman–Crippen LogP) is 5.26. The van der Waals surface area contributed by atoms with Crippen LogP contribution in [0.5, 0.6) is 0 Å². The third-order valence-electron chi connectivity index (χ3n) is 5.67. The van der Waals surface area contributed by atoms with Crippen molar-refractivity contribution >= 4 is 11.7 Å². The van der Waals surface area contributed by atoms with Gasteiger partial charge in [0.2, 0.25) is 11.7 Å². The quantitative estimate of drug-likeness (QED) is 0.444. The number of alkyl halides is 6. The van der Waals surface area contributed by atoms with Crippen molar-refractivity contribution in [2.45, 2.75) is 32.1 Å². The lowest BCUT2D eigenvalue weighted by molar-refractivity contribution is -0.143. The van der Waals surface area contributed by atoms with E-state index in [0.29, 0.717) is 48.3 Å². The average molecular weight is 513 g/mol. The topological polar surface area (TPSA) is 75.4 Å². The van der Waals surface area contributed by atoms with Gasteiger partial charge in [-0.3, -0.25) is 4.79 Å². The van der Waals surface area contributed by atoms with Gasteiger partial charge in [-0.1, -0.05) is 19.0 Å². The number of rotatable bonds is 4. The summed E-state index contributed by atoms with van der Waals surface area (Å²) in [5.41, 5.74) is -3.06. The molecule has 1 aliphatic heterocycles. The number of anilines is 1. The van der Waals surface area contributed by atoms with Crippen LogP contribution in [0, 0.1) is 0 Å². The third kappa shape index (κ3) is 5.44. The second-order valence-corrected chi connectivity index (χ2v) is 8.59. The van der Waals surface area contributed by atoms with Crippen molar-refractivity contribution in [2.24, 2.45) is 0 Å². The average Bonchev–Trinajstić information content (AvgIpc) is 3.33. The summed E-state index contributed by atoms with van der Waals surface area (Å²) in [4.78, 5) is 24.6. The molecule has 0 aliphatic carbocycles. The van der Waals surface area contributed by atoms with Crippen LogP contribution in [0.4, 0.5) is 32.2 Å². The first-order chi connectivity index (χ1) is 16.8. The Morgan fingerprint density at radius 3 is 2.03 bits per heavy atom. The highest BCUT2D eigenvalue weighted by molar-refractivity contribution is 5.95. The summed E-state index contributed by atoms with van der Waals surface area (Å²) in [6.45, 7) is 4.63. The number of hydrogen-bond acceptors (Lipinski definition) is 6. The molecule has 0 N–H and O–H groups in total. The highest BCUT2D eigenvalue weighted by Crippen LogP contribution is 2.36. The van der Waals surface area contributed by atoms with Crippen molar-refractivity contribution in [1.29, 1.82) is 0 Å². The molecule has 1 aromatic carbocycles. The summed E-state index contributed by atoms with van der Waals surface area (Å²) >= 11 is 0. The Morgan fingerprint density at radius 2 is 1.56 bits per heavy atom. The molecule has 0 atom stereocenters. The van der Waals surface area contributed by atoms with E-state index in [1.165, 1.54) is 4.90 Å². The van der Waals surface area contributed by atoms with Crippen LogP contribution >= 0.6 is 0 Å². The molecule has 7 nitrogen and oxygen atoms in total. The maximum absolute atomic E-state index is 13.1. The Hall–Kier alpha value is -3.64. The van der Waals surface area contributed by atoms with Gasteiger partial charge in [0.05, 0.1) is 11.1 Å². The maximum atomic E-state index is 13.1. The summed E-state index contributed by atoms with van der Waals surface area (Å²) in [6.07, 6.45) is -8.47. The standard InChI is InChI=1S/C23H21F6N5O2/c1-13(2)20-31-19(32-36-20)14-3-4-18(30-12-14)33-5-7-34(8-6-33)21(35)15-9-16(22(24,25)26)11-17(10-15)23(27,28)29/h3-4,9-13H,5-8H2,1-2H3. The Labute approximate surface area is 201 Å². The highest BCUT2D eigenvalue weighted by Gasteiger charge is 2.38. The van der Waals surface area contributed by atoms with E-state index in [-0.39, 0.29) is 25.1 Å². The van der Waals surface area contributed by atoms with Gasteiger partial charge >= 0.3 is 12.4 Å². The molecule has 192 valence electrons. The van der Waals surface area contributed by atoms with Crippen LogP contribution in [0.15, 0.2) is 41.1 Å². The molecular formula is C23H21F6N5O2. The summed E-state index contributed by atoms with van der Waals surface area (Å²) < 4.78 is 84.0. The lowest BCUT2D eigenvalue weighted by atomic mass is 10.0. The molecule has 1 saturated heterocycles. The number of pyridine rings is 1. The molecule has 0 saturated carbocycles. The van der Waals surface area contributed by atoms with E-state index in [4.69, 9.17) is 4.52 Å². The molecule has 1 amide bonds. The molecule has 3 aromatic rings. The number of nitrogens with zero attached hydrogens (tertiary/aromatic N) is 5. The van der Waals surface area contributed by atoms with Crippen LogP contribution in [0.2, 0.25) is 0 Å². The van der Waals surface area contributed by atoms with Gasteiger partial charge in [-0.15, -0.1) is 0 Å². The third-order valence-corrected chi connectivity index (χ3v) is 5.67. The number of aromatic nitrogens is 3. The Bertz CT molecular complexity index is 1200. The lowest BCUT2D eigenvalue weighted by Crippen LogP contribution is -2.49. The van der Waals surface area contributed by atoms with Crippen molar-refractivity contribution in [3.63, 3.8) is 0 Å². The van der Waals surface area contributed by atoms with Crippen molar-refractivity contribution < 1.29 is 35.7 Å². The van der Waals surface area contributed by atoms with E-state index in [0.717, 1.165) is 0 Å². The van der Waals surface area contributed by atoms with Gasteiger partial charge in [0.1, 0.15) is 5.82 Å². The first kappa shape index (κ1) is 25.5.